The number of aromatic nitrogens is 1. The van der Waals surface area contributed by atoms with E-state index < -0.39 is 23.9 Å². The van der Waals surface area contributed by atoms with Crippen LogP contribution in [0.2, 0.25) is 0 Å². The van der Waals surface area contributed by atoms with Gasteiger partial charge in [0.25, 0.3) is 6.43 Å². The van der Waals surface area contributed by atoms with Gasteiger partial charge in [0.2, 0.25) is 5.95 Å². The summed E-state index contributed by atoms with van der Waals surface area (Å²) in [7, 11) is 0. The van der Waals surface area contributed by atoms with Crippen molar-refractivity contribution in [2.24, 2.45) is 0 Å². The molecule has 1 aromatic rings. The number of hydrogen-bond acceptors (Lipinski definition) is 3. The molecule has 6 heteroatoms. The van der Waals surface area contributed by atoms with Crippen LogP contribution in [0.1, 0.15) is 29.3 Å². The van der Waals surface area contributed by atoms with Crippen LogP contribution in [0.3, 0.4) is 0 Å². The highest BCUT2D eigenvalue weighted by molar-refractivity contribution is 5.89. The van der Waals surface area contributed by atoms with E-state index in [0.29, 0.717) is 0 Å². The zero-order chi connectivity index (χ0) is 11.4. The van der Waals surface area contributed by atoms with Gasteiger partial charge in [-0.25, -0.2) is 18.6 Å². The number of alkyl halides is 2. The minimum atomic E-state index is -3.01. The van der Waals surface area contributed by atoms with E-state index in [4.69, 9.17) is 0 Å². The largest absolute Gasteiger partial charge is 0.462 e. The molecule has 1 rings (SSSR count). The minimum Gasteiger partial charge on any atom is -0.462 e. The molecule has 0 aliphatic rings. The molecule has 0 bridgehead atoms. The van der Waals surface area contributed by atoms with Crippen molar-refractivity contribution in [1.29, 1.82) is 0 Å². The van der Waals surface area contributed by atoms with Gasteiger partial charge in [-0.3, -0.25) is 0 Å². The minimum absolute atomic E-state index is 0.111. The summed E-state index contributed by atoms with van der Waals surface area (Å²) in [6.45, 7) is 1.68. The maximum absolute atomic E-state index is 12.7. The van der Waals surface area contributed by atoms with Crippen LogP contribution in [-0.2, 0) is 4.74 Å². The quantitative estimate of drug-likeness (QED) is 0.578. The first kappa shape index (κ1) is 11.5. The molecule has 0 unspecified atom stereocenters. The fourth-order valence-electron chi connectivity index (χ4n) is 0.944. The van der Waals surface area contributed by atoms with Crippen LogP contribution in [0.15, 0.2) is 12.3 Å². The van der Waals surface area contributed by atoms with Crippen LogP contribution in [0.4, 0.5) is 13.2 Å². The smallest absolute Gasteiger partial charge is 0.339 e. The van der Waals surface area contributed by atoms with Gasteiger partial charge in [0.05, 0.1) is 17.7 Å². The first-order valence-corrected chi connectivity index (χ1v) is 4.17. The second-order valence-corrected chi connectivity index (χ2v) is 2.63. The lowest BCUT2D eigenvalue weighted by Crippen LogP contribution is -2.07. The Balaban J connectivity index is 3.02. The van der Waals surface area contributed by atoms with Gasteiger partial charge in [0.15, 0.2) is 0 Å². The topological polar surface area (TPSA) is 39.2 Å². The van der Waals surface area contributed by atoms with E-state index in [9.17, 15) is 18.0 Å². The van der Waals surface area contributed by atoms with Gasteiger partial charge in [-0.15, -0.1) is 0 Å². The van der Waals surface area contributed by atoms with E-state index >= 15 is 0 Å². The molecule has 15 heavy (non-hydrogen) atoms. The van der Waals surface area contributed by atoms with Crippen LogP contribution < -0.4 is 0 Å². The predicted molar refractivity (Wildman–Crippen MR) is 45.1 cm³/mol. The SMILES string of the molecule is CCOC(=O)c1cnc(F)c(C(F)F)c1. The van der Waals surface area contributed by atoms with Gasteiger partial charge in [0, 0.05) is 6.20 Å². The Labute approximate surface area is 83.9 Å². The van der Waals surface area contributed by atoms with Gasteiger partial charge in [-0.05, 0) is 13.0 Å². The van der Waals surface area contributed by atoms with E-state index in [1.54, 1.807) is 6.92 Å². The van der Waals surface area contributed by atoms with Gasteiger partial charge in [-0.1, -0.05) is 0 Å². The van der Waals surface area contributed by atoms with Crippen molar-refractivity contribution in [1.82, 2.24) is 4.98 Å². The maximum Gasteiger partial charge on any atom is 0.339 e. The predicted octanol–water partition coefficient (Wildman–Crippen LogP) is 2.34. The van der Waals surface area contributed by atoms with E-state index in [-0.39, 0.29) is 12.2 Å². The fraction of sp³-hybridized carbons (Fsp3) is 0.333. The first-order chi connectivity index (χ1) is 7.06. The van der Waals surface area contributed by atoms with E-state index in [1.807, 2.05) is 0 Å². The number of ether oxygens (including phenoxy) is 1. The Morgan fingerprint density at radius 3 is 2.80 bits per heavy atom. The molecular formula is C9H8F3NO2. The second kappa shape index (κ2) is 4.77. The molecular weight excluding hydrogens is 211 g/mol. The van der Waals surface area contributed by atoms with Gasteiger partial charge in [-0.2, -0.15) is 4.39 Å². The van der Waals surface area contributed by atoms with Crippen LogP contribution in [0.5, 0.6) is 0 Å². The van der Waals surface area contributed by atoms with E-state index in [2.05, 4.69) is 9.72 Å². The molecule has 0 atom stereocenters. The lowest BCUT2D eigenvalue weighted by atomic mass is 10.2. The highest BCUT2D eigenvalue weighted by atomic mass is 19.3. The molecule has 0 aromatic carbocycles. The lowest BCUT2D eigenvalue weighted by Gasteiger charge is -2.04. The Bertz CT molecular complexity index is 368. The molecule has 0 aliphatic heterocycles. The van der Waals surface area contributed by atoms with E-state index in [0.717, 1.165) is 12.3 Å². The van der Waals surface area contributed by atoms with Crippen molar-refractivity contribution in [3.63, 3.8) is 0 Å². The normalized spacial score (nSPS) is 10.5. The third-order valence-electron chi connectivity index (χ3n) is 1.61. The zero-order valence-corrected chi connectivity index (χ0v) is 7.84. The first-order valence-electron chi connectivity index (χ1n) is 4.17. The van der Waals surface area contributed by atoms with Crippen LogP contribution in [0.25, 0.3) is 0 Å². The van der Waals surface area contributed by atoms with Crippen molar-refractivity contribution in [2.75, 3.05) is 6.61 Å². The Morgan fingerprint density at radius 1 is 1.60 bits per heavy atom. The fourth-order valence-corrected chi connectivity index (χ4v) is 0.944. The summed E-state index contributed by atoms with van der Waals surface area (Å²) in [6.07, 6.45) is -2.15. The average Bonchev–Trinajstić information content (AvgIpc) is 2.18. The highest BCUT2D eigenvalue weighted by Gasteiger charge is 2.18. The summed E-state index contributed by atoms with van der Waals surface area (Å²) in [5.74, 6) is -2.08. The molecule has 1 heterocycles. The maximum atomic E-state index is 12.7. The highest BCUT2D eigenvalue weighted by Crippen LogP contribution is 2.21. The summed E-state index contributed by atoms with van der Waals surface area (Å²) < 4.78 is 41.7. The van der Waals surface area contributed by atoms with Crippen LogP contribution in [0, 0.1) is 5.95 Å². The standard InChI is InChI=1S/C9H8F3NO2/c1-2-15-9(14)5-3-6(7(10)11)8(12)13-4-5/h3-4,7H,2H2,1H3. The molecule has 0 spiro atoms. The van der Waals surface area contributed by atoms with Crippen LogP contribution >= 0.6 is 0 Å². The van der Waals surface area contributed by atoms with Crippen molar-refractivity contribution in [3.05, 3.63) is 29.3 Å². The molecule has 0 aliphatic carbocycles. The molecule has 0 amide bonds. The molecule has 82 valence electrons. The average molecular weight is 219 g/mol. The molecule has 0 N–H and O–H groups in total. The summed E-state index contributed by atoms with van der Waals surface area (Å²) in [5, 5.41) is 0. The summed E-state index contributed by atoms with van der Waals surface area (Å²) in [4.78, 5) is 14.2. The van der Waals surface area contributed by atoms with Crippen molar-refractivity contribution in [3.8, 4) is 0 Å². The van der Waals surface area contributed by atoms with Gasteiger partial charge < -0.3 is 4.74 Å². The second-order valence-electron chi connectivity index (χ2n) is 2.63. The van der Waals surface area contributed by atoms with Crippen molar-refractivity contribution >= 4 is 5.97 Å². The molecule has 3 nitrogen and oxygen atoms in total. The Hall–Kier alpha value is -1.59. The monoisotopic (exact) mass is 219 g/mol. The molecule has 0 radical (unpaired) electrons. The summed E-state index contributed by atoms with van der Waals surface area (Å²) in [5.41, 5.74) is -1.09. The number of rotatable bonds is 3. The molecule has 0 fully saturated rings. The Kier molecular flexibility index (Phi) is 3.65. The summed E-state index contributed by atoms with van der Waals surface area (Å²) >= 11 is 0. The number of halogens is 3. The third kappa shape index (κ3) is 2.68. The van der Waals surface area contributed by atoms with Crippen molar-refractivity contribution < 1.29 is 22.7 Å². The number of nitrogens with zero attached hydrogens (tertiary/aromatic N) is 1. The number of pyridine rings is 1. The number of esters is 1. The number of carbonyl (C=O) groups is 1. The van der Waals surface area contributed by atoms with Gasteiger partial charge >= 0.3 is 5.97 Å². The molecule has 0 saturated heterocycles. The van der Waals surface area contributed by atoms with E-state index in [1.165, 1.54) is 0 Å². The van der Waals surface area contributed by atoms with Crippen LogP contribution in [-0.4, -0.2) is 17.6 Å². The molecule has 1 aromatic heterocycles. The molecule has 0 saturated carbocycles. The zero-order valence-electron chi connectivity index (χ0n) is 7.84. The number of carbonyl (C=O) groups excluding carboxylic acids is 1. The summed E-state index contributed by atoms with van der Waals surface area (Å²) in [6, 6.07) is 0.741. The lowest BCUT2D eigenvalue weighted by molar-refractivity contribution is 0.0525. The number of hydrogen-bond donors (Lipinski definition) is 0. The van der Waals surface area contributed by atoms with Gasteiger partial charge in [0.1, 0.15) is 0 Å². The van der Waals surface area contributed by atoms with Crippen molar-refractivity contribution in [2.45, 2.75) is 13.3 Å². The Morgan fingerprint density at radius 2 is 2.27 bits per heavy atom. The third-order valence-corrected chi connectivity index (χ3v) is 1.61.